The standard InChI is InChI=1S/C14H23N3OS/c1-9-14(19-11(3)16-9)10(2)17-13(18)8-12-4-6-15-7-5-12/h10,12,15H,4-8H2,1-3H3,(H,17,18). The number of nitrogens with one attached hydrogen (secondary N) is 2. The molecule has 4 nitrogen and oxygen atoms in total. The minimum absolute atomic E-state index is 0.0698. The molecule has 2 rings (SSSR count). The van der Waals surface area contributed by atoms with Gasteiger partial charge in [-0.2, -0.15) is 0 Å². The van der Waals surface area contributed by atoms with Crippen molar-refractivity contribution < 1.29 is 4.79 Å². The molecule has 1 aliphatic rings. The average molecular weight is 281 g/mol. The molecule has 1 unspecified atom stereocenters. The van der Waals surface area contributed by atoms with Crippen LogP contribution >= 0.6 is 11.3 Å². The average Bonchev–Trinajstić information content (AvgIpc) is 2.69. The van der Waals surface area contributed by atoms with Gasteiger partial charge in [-0.05, 0) is 52.6 Å². The van der Waals surface area contributed by atoms with Crippen LogP contribution in [-0.2, 0) is 4.79 Å². The van der Waals surface area contributed by atoms with Gasteiger partial charge in [-0.1, -0.05) is 0 Å². The van der Waals surface area contributed by atoms with Crippen molar-refractivity contribution in [1.29, 1.82) is 0 Å². The second-order valence-electron chi connectivity index (χ2n) is 5.37. The van der Waals surface area contributed by atoms with E-state index in [-0.39, 0.29) is 11.9 Å². The highest BCUT2D eigenvalue weighted by atomic mass is 32.1. The van der Waals surface area contributed by atoms with E-state index in [0.717, 1.165) is 36.6 Å². The first-order chi connectivity index (χ1) is 9.06. The molecule has 1 amide bonds. The maximum absolute atomic E-state index is 12.1. The summed E-state index contributed by atoms with van der Waals surface area (Å²) in [6.07, 6.45) is 2.88. The van der Waals surface area contributed by atoms with E-state index < -0.39 is 0 Å². The van der Waals surface area contributed by atoms with Crippen LogP contribution in [0.3, 0.4) is 0 Å². The van der Waals surface area contributed by atoms with Crippen LogP contribution in [0.15, 0.2) is 0 Å². The quantitative estimate of drug-likeness (QED) is 0.890. The number of carbonyl (C=O) groups is 1. The van der Waals surface area contributed by atoms with E-state index >= 15 is 0 Å². The SMILES string of the molecule is Cc1nc(C)c(C(C)NC(=O)CC2CCNCC2)s1. The number of hydrogen-bond acceptors (Lipinski definition) is 4. The van der Waals surface area contributed by atoms with Gasteiger partial charge in [0.1, 0.15) is 0 Å². The number of aromatic nitrogens is 1. The Morgan fingerprint density at radius 2 is 2.16 bits per heavy atom. The van der Waals surface area contributed by atoms with Crippen LogP contribution in [0.25, 0.3) is 0 Å². The van der Waals surface area contributed by atoms with Gasteiger partial charge >= 0.3 is 0 Å². The minimum atomic E-state index is 0.0698. The molecular weight excluding hydrogens is 258 g/mol. The summed E-state index contributed by atoms with van der Waals surface area (Å²) in [5.41, 5.74) is 1.04. The Balaban J connectivity index is 1.86. The third kappa shape index (κ3) is 4.01. The maximum Gasteiger partial charge on any atom is 0.220 e. The summed E-state index contributed by atoms with van der Waals surface area (Å²) >= 11 is 1.67. The maximum atomic E-state index is 12.1. The van der Waals surface area contributed by atoms with Gasteiger partial charge in [0.2, 0.25) is 5.91 Å². The molecule has 2 N–H and O–H groups in total. The summed E-state index contributed by atoms with van der Waals surface area (Å²) in [7, 11) is 0. The summed E-state index contributed by atoms with van der Waals surface area (Å²) in [5.74, 6) is 0.711. The Morgan fingerprint density at radius 1 is 1.47 bits per heavy atom. The van der Waals surface area contributed by atoms with Crippen LogP contribution in [0.1, 0.15) is 47.8 Å². The lowest BCUT2D eigenvalue weighted by Gasteiger charge is -2.22. The molecule has 1 saturated heterocycles. The molecule has 0 spiro atoms. The second-order valence-corrected chi connectivity index (χ2v) is 6.60. The Labute approximate surface area is 119 Å². The lowest BCUT2D eigenvalue weighted by Crippen LogP contribution is -2.33. The Hall–Kier alpha value is -0.940. The monoisotopic (exact) mass is 281 g/mol. The molecule has 1 aliphatic heterocycles. The van der Waals surface area contributed by atoms with Crippen molar-refractivity contribution in [3.63, 3.8) is 0 Å². The number of nitrogens with zero attached hydrogens (tertiary/aromatic N) is 1. The lowest BCUT2D eigenvalue weighted by molar-refractivity contribution is -0.122. The van der Waals surface area contributed by atoms with Crippen LogP contribution < -0.4 is 10.6 Å². The Bertz CT molecular complexity index is 438. The molecule has 1 aromatic heterocycles. The number of thiazole rings is 1. The molecule has 2 heterocycles. The highest BCUT2D eigenvalue weighted by molar-refractivity contribution is 7.11. The predicted octanol–water partition coefficient (Wildman–Crippen LogP) is 2.33. The molecule has 1 aromatic rings. The molecular formula is C14H23N3OS. The number of carbonyl (C=O) groups excluding carboxylic acids is 1. The van der Waals surface area contributed by atoms with Crippen molar-refractivity contribution in [2.75, 3.05) is 13.1 Å². The van der Waals surface area contributed by atoms with E-state index in [1.54, 1.807) is 11.3 Å². The molecule has 1 fully saturated rings. The first kappa shape index (κ1) is 14.5. The van der Waals surface area contributed by atoms with Crippen molar-refractivity contribution in [1.82, 2.24) is 15.6 Å². The van der Waals surface area contributed by atoms with Gasteiger partial charge in [0.05, 0.1) is 16.7 Å². The number of aryl methyl sites for hydroxylation is 2. The van der Waals surface area contributed by atoms with E-state index in [2.05, 4.69) is 15.6 Å². The van der Waals surface area contributed by atoms with Crippen LogP contribution in [-0.4, -0.2) is 24.0 Å². The van der Waals surface area contributed by atoms with Gasteiger partial charge in [0.15, 0.2) is 0 Å². The topological polar surface area (TPSA) is 54.0 Å². The van der Waals surface area contributed by atoms with Crippen molar-refractivity contribution >= 4 is 17.2 Å². The molecule has 0 radical (unpaired) electrons. The van der Waals surface area contributed by atoms with Gasteiger partial charge < -0.3 is 10.6 Å². The van der Waals surface area contributed by atoms with E-state index in [1.807, 2.05) is 20.8 Å². The van der Waals surface area contributed by atoms with Gasteiger partial charge in [-0.3, -0.25) is 4.79 Å². The smallest absolute Gasteiger partial charge is 0.220 e. The van der Waals surface area contributed by atoms with Crippen molar-refractivity contribution in [2.45, 2.75) is 46.1 Å². The molecule has 0 aliphatic carbocycles. The van der Waals surface area contributed by atoms with Crippen molar-refractivity contribution in [2.24, 2.45) is 5.92 Å². The third-order valence-electron chi connectivity index (χ3n) is 3.64. The number of rotatable bonds is 4. The molecule has 19 heavy (non-hydrogen) atoms. The van der Waals surface area contributed by atoms with Crippen LogP contribution in [0.5, 0.6) is 0 Å². The summed E-state index contributed by atoms with van der Waals surface area (Å²) in [6, 6.07) is 0.0698. The first-order valence-electron chi connectivity index (χ1n) is 7.00. The highest BCUT2D eigenvalue weighted by Gasteiger charge is 2.19. The largest absolute Gasteiger partial charge is 0.349 e. The van der Waals surface area contributed by atoms with Gasteiger partial charge in [-0.15, -0.1) is 11.3 Å². The van der Waals surface area contributed by atoms with Crippen LogP contribution in [0, 0.1) is 19.8 Å². The number of amides is 1. The van der Waals surface area contributed by atoms with E-state index in [0.29, 0.717) is 12.3 Å². The number of piperidine rings is 1. The third-order valence-corrected chi connectivity index (χ3v) is 4.90. The molecule has 1 atom stereocenters. The summed E-state index contributed by atoms with van der Waals surface area (Å²) in [4.78, 5) is 17.7. The van der Waals surface area contributed by atoms with Crippen molar-refractivity contribution in [3.8, 4) is 0 Å². The fourth-order valence-corrected chi connectivity index (χ4v) is 3.59. The summed E-state index contributed by atoms with van der Waals surface area (Å²) < 4.78 is 0. The Kier molecular flexibility index (Phi) is 4.93. The van der Waals surface area contributed by atoms with Crippen molar-refractivity contribution in [3.05, 3.63) is 15.6 Å². The number of hydrogen-bond donors (Lipinski definition) is 2. The van der Waals surface area contributed by atoms with E-state index in [1.165, 1.54) is 4.88 Å². The lowest BCUT2D eigenvalue weighted by atomic mass is 9.94. The summed E-state index contributed by atoms with van der Waals surface area (Å²) in [5, 5.41) is 7.50. The normalized spacial score (nSPS) is 18.3. The van der Waals surface area contributed by atoms with Gasteiger partial charge in [0, 0.05) is 11.3 Å². The zero-order chi connectivity index (χ0) is 13.8. The van der Waals surface area contributed by atoms with Crippen LogP contribution in [0.2, 0.25) is 0 Å². The molecule has 106 valence electrons. The fraction of sp³-hybridized carbons (Fsp3) is 0.714. The molecule has 5 heteroatoms. The minimum Gasteiger partial charge on any atom is -0.349 e. The van der Waals surface area contributed by atoms with Gasteiger partial charge in [0.25, 0.3) is 0 Å². The van der Waals surface area contributed by atoms with E-state index in [4.69, 9.17) is 0 Å². The highest BCUT2D eigenvalue weighted by Crippen LogP contribution is 2.25. The zero-order valence-corrected chi connectivity index (χ0v) is 12.8. The second kappa shape index (κ2) is 6.48. The van der Waals surface area contributed by atoms with E-state index in [9.17, 15) is 4.79 Å². The Morgan fingerprint density at radius 3 is 2.74 bits per heavy atom. The van der Waals surface area contributed by atoms with Crippen LogP contribution in [0.4, 0.5) is 0 Å². The predicted molar refractivity (Wildman–Crippen MR) is 78.4 cm³/mol. The molecule has 0 aromatic carbocycles. The summed E-state index contributed by atoms with van der Waals surface area (Å²) in [6.45, 7) is 8.14. The zero-order valence-electron chi connectivity index (χ0n) is 12.0. The first-order valence-corrected chi connectivity index (χ1v) is 7.82. The molecule has 0 bridgehead atoms. The van der Waals surface area contributed by atoms with Gasteiger partial charge in [-0.25, -0.2) is 4.98 Å². The fourth-order valence-electron chi connectivity index (χ4n) is 2.66. The molecule has 0 saturated carbocycles.